The van der Waals surface area contributed by atoms with E-state index in [1.54, 1.807) is 29.7 Å². The van der Waals surface area contributed by atoms with Crippen LogP contribution in [0, 0.1) is 0 Å². The topological polar surface area (TPSA) is 64.0 Å². The highest BCUT2D eigenvalue weighted by molar-refractivity contribution is 8.00. The highest BCUT2D eigenvalue weighted by Gasteiger charge is 2.18. The number of carbonyl (C=O) groups is 1. The Hall–Kier alpha value is -2.08. The number of thioether (sulfide) groups is 1. The van der Waals surface area contributed by atoms with Crippen LogP contribution in [0.15, 0.2) is 46.9 Å². The lowest BCUT2D eigenvalue weighted by molar-refractivity contribution is -0.120. The molecular formula is C16H19N3O2S. The molecule has 0 spiro atoms. The molecule has 1 aromatic heterocycles. The first-order valence-electron chi connectivity index (χ1n) is 7.13. The number of nitrogens with zero attached hydrogens (tertiary/aromatic N) is 2. The van der Waals surface area contributed by atoms with Gasteiger partial charge in [0, 0.05) is 13.1 Å². The van der Waals surface area contributed by atoms with E-state index >= 15 is 0 Å². The summed E-state index contributed by atoms with van der Waals surface area (Å²) in [6.07, 6.45) is 1.65. The monoisotopic (exact) mass is 317 g/mol. The molecule has 116 valence electrons. The molecule has 0 aliphatic heterocycles. The number of para-hydroxylation sites is 1. The number of nitrogens with one attached hydrogen (secondary N) is 1. The molecule has 1 aromatic carbocycles. The quantitative estimate of drug-likeness (QED) is 0.504. The van der Waals surface area contributed by atoms with Gasteiger partial charge >= 0.3 is 0 Å². The molecule has 0 unspecified atom stereocenters. The molecular weight excluding hydrogens is 298 g/mol. The largest absolute Gasteiger partial charge is 0.355 e. The Morgan fingerprint density at radius 3 is 2.91 bits per heavy atom. The maximum atomic E-state index is 12.6. The number of rotatable bonds is 6. The first-order chi connectivity index (χ1) is 10.6. The van der Waals surface area contributed by atoms with Gasteiger partial charge < -0.3 is 5.32 Å². The van der Waals surface area contributed by atoms with E-state index in [4.69, 9.17) is 0 Å². The average molecular weight is 317 g/mol. The van der Waals surface area contributed by atoms with Gasteiger partial charge in [-0.05, 0) is 26.0 Å². The van der Waals surface area contributed by atoms with E-state index < -0.39 is 0 Å². The van der Waals surface area contributed by atoms with Crippen molar-refractivity contribution < 1.29 is 4.79 Å². The van der Waals surface area contributed by atoms with Gasteiger partial charge in [-0.15, -0.1) is 6.58 Å². The summed E-state index contributed by atoms with van der Waals surface area (Å²) in [6.45, 7) is 8.30. The van der Waals surface area contributed by atoms with Gasteiger partial charge in [-0.25, -0.2) is 4.98 Å². The van der Waals surface area contributed by atoms with Crippen LogP contribution in [0.5, 0.6) is 0 Å². The van der Waals surface area contributed by atoms with Gasteiger partial charge in [0.2, 0.25) is 5.91 Å². The van der Waals surface area contributed by atoms with Crippen LogP contribution >= 0.6 is 11.8 Å². The molecule has 22 heavy (non-hydrogen) atoms. The van der Waals surface area contributed by atoms with Gasteiger partial charge in [-0.2, -0.15) is 0 Å². The maximum absolute atomic E-state index is 12.6. The highest BCUT2D eigenvalue weighted by atomic mass is 32.2. The van der Waals surface area contributed by atoms with E-state index in [-0.39, 0.29) is 16.7 Å². The van der Waals surface area contributed by atoms with Crippen LogP contribution in [0.4, 0.5) is 0 Å². The lowest BCUT2D eigenvalue weighted by atomic mass is 10.2. The molecule has 1 atom stereocenters. The Morgan fingerprint density at radius 2 is 2.23 bits per heavy atom. The van der Waals surface area contributed by atoms with E-state index in [0.29, 0.717) is 29.1 Å². The summed E-state index contributed by atoms with van der Waals surface area (Å²) in [5.74, 6) is -0.0694. The zero-order valence-electron chi connectivity index (χ0n) is 12.7. The molecule has 0 saturated heterocycles. The number of aromatic nitrogens is 2. The molecule has 0 radical (unpaired) electrons. The molecule has 0 fully saturated rings. The molecule has 0 aliphatic carbocycles. The molecule has 6 heteroatoms. The molecule has 1 heterocycles. The Morgan fingerprint density at radius 1 is 1.50 bits per heavy atom. The maximum Gasteiger partial charge on any atom is 0.262 e. The molecule has 1 amide bonds. The summed E-state index contributed by atoms with van der Waals surface area (Å²) < 4.78 is 1.55. The average Bonchev–Trinajstić information content (AvgIpc) is 2.51. The molecule has 0 bridgehead atoms. The van der Waals surface area contributed by atoms with Gasteiger partial charge in [0.15, 0.2) is 5.16 Å². The van der Waals surface area contributed by atoms with Crippen LogP contribution in [0.2, 0.25) is 0 Å². The van der Waals surface area contributed by atoms with Gasteiger partial charge in [0.05, 0.1) is 16.2 Å². The summed E-state index contributed by atoms with van der Waals surface area (Å²) in [6, 6.07) is 7.21. The molecule has 0 saturated carbocycles. The number of carbonyl (C=O) groups excluding carboxylic acids is 1. The van der Waals surface area contributed by atoms with Crippen molar-refractivity contribution in [2.24, 2.45) is 0 Å². The highest BCUT2D eigenvalue weighted by Crippen LogP contribution is 2.22. The van der Waals surface area contributed by atoms with Gasteiger partial charge in [-0.1, -0.05) is 30.0 Å². The minimum Gasteiger partial charge on any atom is -0.355 e. The second-order valence-electron chi connectivity index (χ2n) is 4.77. The molecule has 1 N–H and O–H groups in total. The van der Waals surface area contributed by atoms with Crippen molar-refractivity contribution in [3.05, 3.63) is 47.3 Å². The number of fused-ring (bicyclic) bond motifs is 1. The summed E-state index contributed by atoms with van der Waals surface area (Å²) in [7, 11) is 0. The third-order valence-corrected chi connectivity index (χ3v) is 4.23. The Balaban J connectivity index is 2.47. The summed E-state index contributed by atoms with van der Waals surface area (Å²) in [5, 5.41) is 3.54. The van der Waals surface area contributed by atoms with Crippen molar-refractivity contribution in [2.45, 2.75) is 30.8 Å². The number of hydrogen-bond acceptors (Lipinski definition) is 4. The van der Waals surface area contributed by atoms with Crippen molar-refractivity contribution in [1.29, 1.82) is 0 Å². The van der Waals surface area contributed by atoms with Crippen LogP contribution in [-0.4, -0.2) is 27.3 Å². The third-order valence-electron chi connectivity index (χ3n) is 3.14. The molecule has 0 aliphatic rings. The number of allylic oxidation sites excluding steroid dienone is 1. The van der Waals surface area contributed by atoms with E-state index in [1.165, 1.54) is 11.8 Å². The third kappa shape index (κ3) is 3.39. The fraction of sp³-hybridized carbons (Fsp3) is 0.312. The molecule has 2 rings (SSSR count). The van der Waals surface area contributed by atoms with Crippen molar-refractivity contribution in [3.63, 3.8) is 0 Å². The Bertz CT molecular complexity index is 755. The fourth-order valence-electron chi connectivity index (χ4n) is 2.06. The number of benzene rings is 1. The zero-order chi connectivity index (χ0) is 16.1. The normalized spacial score (nSPS) is 12.1. The van der Waals surface area contributed by atoms with E-state index in [0.717, 1.165) is 0 Å². The van der Waals surface area contributed by atoms with Gasteiger partial charge in [-0.3, -0.25) is 14.2 Å². The summed E-state index contributed by atoms with van der Waals surface area (Å²) in [5.41, 5.74) is 0.523. The van der Waals surface area contributed by atoms with E-state index in [1.807, 2.05) is 19.1 Å². The molecule has 2 aromatic rings. The predicted molar refractivity (Wildman–Crippen MR) is 90.2 cm³/mol. The molecule has 5 nitrogen and oxygen atoms in total. The zero-order valence-corrected chi connectivity index (χ0v) is 13.5. The van der Waals surface area contributed by atoms with Gasteiger partial charge in [0.1, 0.15) is 0 Å². The second kappa shape index (κ2) is 7.26. The lowest BCUT2D eigenvalue weighted by Crippen LogP contribution is -2.31. The Kier molecular flexibility index (Phi) is 5.38. The predicted octanol–water partition coefficient (Wildman–Crippen LogP) is 2.20. The summed E-state index contributed by atoms with van der Waals surface area (Å²) in [4.78, 5) is 29.0. The van der Waals surface area contributed by atoms with Crippen molar-refractivity contribution >= 4 is 28.6 Å². The van der Waals surface area contributed by atoms with Crippen LogP contribution in [-0.2, 0) is 11.3 Å². The standard InChI is InChI=1S/C16H19N3O2S/c1-4-10-19-15(21)12-8-6-7-9-13(12)18-16(19)22-11(3)14(20)17-5-2/h4,6-9,11H,1,5,10H2,2-3H3,(H,17,20)/t11-/m1/s1. The van der Waals surface area contributed by atoms with Crippen LogP contribution in [0.3, 0.4) is 0 Å². The van der Waals surface area contributed by atoms with Gasteiger partial charge in [0.25, 0.3) is 5.56 Å². The van der Waals surface area contributed by atoms with E-state index in [9.17, 15) is 9.59 Å². The van der Waals surface area contributed by atoms with Crippen LogP contribution in [0.25, 0.3) is 10.9 Å². The second-order valence-corrected chi connectivity index (χ2v) is 6.08. The Labute approximate surface area is 133 Å². The van der Waals surface area contributed by atoms with E-state index in [2.05, 4.69) is 16.9 Å². The number of amides is 1. The smallest absolute Gasteiger partial charge is 0.262 e. The minimum atomic E-state index is -0.330. The van der Waals surface area contributed by atoms with Crippen LogP contribution in [0.1, 0.15) is 13.8 Å². The fourth-order valence-corrected chi connectivity index (χ4v) is 3.00. The minimum absolute atomic E-state index is 0.0694. The first kappa shape index (κ1) is 16.3. The van der Waals surface area contributed by atoms with Crippen LogP contribution < -0.4 is 10.9 Å². The van der Waals surface area contributed by atoms with Crippen molar-refractivity contribution in [1.82, 2.24) is 14.9 Å². The summed E-state index contributed by atoms with van der Waals surface area (Å²) >= 11 is 1.28. The SMILES string of the molecule is C=CCn1c(S[C@H](C)C(=O)NCC)nc2ccccc2c1=O. The van der Waals surface area contributed by atoms with Crippen molar-refractivity contribution in [2.75, 3.05) is 6.54 Å². The van der Waals surface area contributed by atoms with Crippen molar-refractivity contribution in [3.8, 4) is 0 Å². The lowest BCUT2D eigenvalue weighted by Gasteiger charge is -2.15. The number of hydrogen-bond donors (Lipinski definition) is 1. The first-order valence-corrected chi connectivity index (χ1v) is 8.01.